The number of imidazole rings is 1. The fourth-order valence-electron chi connectivity index (χ4n) is 1.90. The van der Waals surface area contributed by atoms with Crippen LogP contribution in [0.2, 0.25) is 0 Å². The van der Waals surface area contributed by atoms with Gasteiger partial charge in [-0.2, -0.15) is 0 Å². The van der Waals surface area contributed by atoms with Crippen LogP contribution in [0.1, 0.15) is 18.2 Å². The molecular weight excluding hydrogens is 226 g/mol. The van der Waals surface area contributed by atoms with Crippen LogP contribution in [-0.2, 0) is 4.79 Å². The predicted octanol–water partition coefficient (Wildman–Crippen LogP) is 2.13. The van der Waals surface area contributed by atoms with Gasteiger partial charge in [-0.25, -0.2) is 4.98 Å². The molecule has 94 valence electrons. The molecule has 0 atom stereocenters. The average molecular weight is 243 g/mol. The normalized spacial score (nSPS) is 11.9. The summed E-state index contributed by atoms with van der Waals surface area (Å²) in [6.07, 6.45) is 5.73. The molecule has 2 heterocycles. The Bertz CT molecular complexity index is 623. The molecule has 0 aliphatic heterocycles. The van der Waals surface area contributed by atoms with E-state index in [0.717, 1.165) is 16.9 Å². The monoisotopic (exact) mass is 243 g/mol. The molecule has 0 aliphatic carbocycles. The van der Waals surface area contributed by atoms with Crippen LogP contribution in [0.4, 0.5) is 0 Å². The largest absolute Gasteiger partial charge is 0.383 e. The quantitative estimate of drug-likeness (QED) is 0.775. The van der Waals surface area contributed by atoms with Gasteiger partial charge in [0.15, 0.2) is 5.78 Å². The van der Waals surface area contributed by atoms with Crippen molar-refractivity contribution in [2.45, 2.75) is 13.8 Å². The number of hydrogen-bond acceptors (Lipinski definition) is 3. The number of carbonyl (C=O) groups is 1. The fourth-order valence-corrected chi connectivity index (χ4v) is 1.90. The number of fused-ring (bicyclic) bond motifs is 1. The summed E-state index contributed by atoms with van der Waals surface area (Å²) in [6, 6.07) is 3.85. The topological polar surface area (TPSA) is 37.6 Å². The van der Waals surface area contributed by atoms with E-state index in [1.54, 1.807) is 6.92 Å². The Balaban J connectivity index is 2.54. The Morgan fingerprint density at radius 2 is 2.06 bits per heavy atom. The summed E-state index contributed by atoms with van der Waals surface area (Å²) in [5.74, 6) is 0.0555. The van der Waals surface area contributed by atoms with Gasteiger partial charge in [0, 0.05) is 43.8 Å². The Labute approximate surface area is 107 Å². The molecule has 0 amide bonds. The zero-order valence-corrected chi connectivity index (χ0v) is 11.1. The summed E-state index contributed by atoms with van der Waals surface area (Å²) in [7, 11) is 3.81. The minimum atomic E-state index is 0.0555. The Morgan fingerprint density at radius 1 is 1.33 bits per heavy atom. The summed E-state index contributed by atoms with van der Waals surface area (Å²) < 4.78 is 1.94. The molecule has 2 aromatic rings. The van der Waals surface area contributed by atoms with E-state index in [-0.39, 0.29) is 5.78 Å². The first-order valence-electron chi connectivity index (χ1n) is 5.82. The molecule has 0 saturated carbocycles. The van der Waals surface area contributed by atoms with Crippen molar-refractivity contribution >= 4 is 17.0 Å². The van der Waals surface area contributed by atoms with Crippen LogP contribution in [0.3, 0.4) is 0 Å². The first kappa shape index (κ1) is 12.4. The van der Waals surface area contributed by atoms with Crippen LogP contribution in [0.5, 0.6) is 0 Å². The van der Waals surface area contributed by atoms with Crippen molar-refractivity contribution in [3.05, 3.63) is 42.0 Å². The third-order valence-corrected chi connectivity index (χ3v) is 2.65. The molecular formula is C14H17N3O. The van der Waals surface area contributed by atoms with Gasteiger partial charge in [-0.15, -0.1) is 0 Å². The van der Waals surface area contributed by atoms with Gasteiger partial charge < -0.3 is 9.30 Å². The number of ketones is 1. The number of nitrogens with zero attached hydrogens (tertiary/aromatic N) is 3. The molecule has 0 spiro atoms. The highest BCUT2D eigenvalue weighted by atomic mass is 16.1. The second-order valence-electron chi connectivity index (χ2n) is 4.63. The maximum absolute atomic E-state index is 11.7. The molecule has 18 heavy (non-hydrogen) atoms. The summed E-state index contributed by atoms with van der Waals surface area (Å²) in [5, 5.41) is 0. The maximum Gasteiger partial charge on any atom is 0.161 e. The summed E-state index contributed by atoms with van der Waals surface area (Å²) in [4.78, 5) is 17.9. The molecule has 0 unspecified atom stereocenters. The minimum absolute atomic E-state index is 0.0555. The standard InChI is InChI=1S/C14H17N3O/c1-10-7-17-8-12(5-6-14(17)15-10)13(11(2)18)9-16(3)4/h5-9H,1-4H3. The third-order valence-electron chi connectivity index (χ3n) is 2.65. The number of rotatable bonds is 3. The molecule has 0 radical (unpaired) electrons. The van der Waals surface area contributed by atoms with Gasteiger partial charge in [-0.05, 0) is 26.0 Å². The zero-order chi connectivity index (χ0) is 13.3. The molecule has 4 heteroatoms. The molecule has 2 aromatic heterocycles. The number of hydrogen-bond donors (Lipinski definition) is 0. The Kier molecular flexibility index (Phi) is 3.19. The van der Waals surface area contributed by atoms with E-state index in [4.69, 9.17) is 0 Å². The second kappa shape index (κ2) is 4.64. The first-order valence-corrected chi connectivity index (χ1v) is 5.82. The van der Waals surface area contributed by atoms with Gasteiger partial charge >= 0.3 is 0 Å². The highest BCUT2D eigenvalue weighted by molar-refractivity contribution is 6.19. The zero-order valence-electron chi connectivity index (χ0n) is 11.1. The van der Waals surface area contributed by atoms with Crippen LogP contribution >= 0.6 is 0 Å². The first-order chi connectivity index (χ1) is 8.47. The fraction of sp³-hybridized carbons (Fsp3) is 0.286. The second-order valence-corrected chi connectivity index (χ2v) is 4.63. The number of pyridine rings is 1. The maximum atomic E-state index is 11.7. The Hall–Kier alpha value is -2.10. The molecule has 0 saturated heterocycles. The molecule has 0 bridgehead atoms. The summed E-state index contributed by atoms with van der Waals surface area (Å²) in [6.45, 7) is 3.53. The lowest BCUT2D eigenvalue weighted by molar-refractivity contribution is -0.111. The number of aromatic nitrogens is 2. The van der Waals surface area contributed by atoms with Crippen molar-refractivity contribution in [1.82, 2.24) is 14.3 Å². The average Bonchev–Trinajstić information content (AvgIpc) is 2.64. The van der Waals surface area contributed by atoms with Crippen molar-refractivity contribution in [2.75, 3.05) is 14.1 Å². The van der Waals surface area contributed by atoms with E-state index in [0.29, 0.717) is 5.57 Å². The molecule has 0 fully saturated rings. The van der Waals surface area contributed by atoms with Gasteiger partial charge in [-0.3, -0.25) is 4.79 Å². The predicted molar refractivity (Wildman–Crippen MR) is 72.3 cm³/mol. The lowest BCUT2D eigenvalue weighted by Gasteiger charge is -2.10. The molecule has 2 rings (SSSR count). The lowest BCUT2D eigenvalue weighted by Crippen LogP contribution is -2.07. The number of Topliss-reactive ketones (excluding diaryl/α,β-unsaturated/α-hetero) is 1. The Morgan fingerprint density at radius 3 is 2.67 bits per heavy atom. The number of aryl methyl sites for hydroxylation is 1. The van der Waals surface area contributed by atoms with E-state index in [1.807, 2.05) is 61.0 Å². The van der Waals surface area contributed by atoms with E-state index in [2.05, 4.69) is 4.98 Å². The van der Waals surface area contributed by atoms with Gasteiger partial charge in [0.2, 0.25) is 0 Å². The van der Waals surface area contributed by atoms with Crippen molar-refractivity contribution < 1.29 is 4.79 Å². The van der Waals surface area contributed by atoms with Crippen molar-refractivity contribution in [3.8, 4) is 0 Å². The lowest BCUT2D eigenvalue weighted by atomic mass is 10.1. The third kappa shape index (κ3) is 2.42. The van der Waals surface area contributed by atoms with Crippen LogP contribution in [-0.4, -0.2) is 34.2 Å². The van der Waals surface area contributed by atoms with Crippen LogP contribution in [0.25, 0.3) is 11.2 Å². The molecule has 0 aromatic carbocycles. The number of allylic oxidation sites excluding steroid dienone is 1. The minimum Gasteiger partial charge on any atom is -0.383 e. The van der Waals surface area contributed by atoms with Crippen LogP contribution in [0, 0.1) is 6.92 Å². The van der Waals surface area contributed by atoms with Gasteiger partial charge in [0.25, 0.3) is 0 Å². The SMILES string of the molecule is CC(=O)C(=CN(C)C)c1ccc2nc(C)cn2c1. The van der Waals surface area contributed by atoms with E-state index in [9.17, 15) is 4.79 Å². The highest BCUT2D eigenvalue weighted by Gasteiger charge is 2.09. The van der Waals surface area contributed by atoms with E-state index in [1.165, 1.54) is 0 Å². The highest BCUT2D eigenvalue weighted by Crippen LogP contribution is 2.17. The number of carbonyl (C=O) groups excluding carboxylic acids is 1. The van der Waals surface area contributed by atoms with Crippen LogP contribution < -0.4 is 0 Å². The van der Waals surface area contributed by atoms with Crippen molar-refractivity contribution in [1.29, 1.82) is 0 Å². The van der Waals surface area contributed by atoms with Gasteiger partial charge in [0.1, 0.15) is 5.65 Å². The molecule has 0 aliphatic rings. The molecule has 0 N–H and O–H groups in total. The van der Waals surface area contributed by atoms with Crippen molar-refractivity contribution in [2.24, 2.45) is 0 Å². The van der Waals surface area contributed by atoms with Gasteiger partial charge in [0.05, 0.1) is 5.69 Å². The summed E-state index contributed by atoms with van der Waals surface area (Å²) in [5.41, 5.74) is 3.46. The van der Waals surface area contributed by atoms with E-state index < -0.39 is 0 Å². The smallest absolute Gasteiger partial charge is 0.161 e. The molecule has 4 nitrogen and oxygen atoms in total. The summed E-state index contributed by atoms with van der Waals surface area (Å²) >= 11 is 0. The van der Waals surface area contributed by atoms with Crippen molar-refractivity contribution in [3.63, 3.8) is 0 Å². The van der Waals surface area contributed by atoms with Crippen LogP contribution in [0.15, 0.2) is 30.7 Å². The van der Waals surface area contributed by atoms with Gasteiger partial charge in [-0.1, -0.05) is 0 Å². The van der Waals surface area contributed by atoms with E-state index >= 15 is 0 Å².